The second-order valence-corrected chi connectivity index (χ2v) is 7.74. The number of piperidine rings is 1. The highest BCUT2D eigenvalue weighted by molar-refractivity contribution is 7.91. The molecule has 4 nitrogen and oxygen atoms in total. The molecule has 100 valence electrons. The molecule has 0 saturated carbocycles. The minimum absolute atomic E-state index is 0.297. The number of hydrogen-bond donors (Lipinski definition) is 1. The summed E-state index contributed by atoms with van der Waals surface area (Å²) in [5, 5.41) is 3.32. The van der Waals surface area contributed by atoms with E-state index in [1.54, 1.807) is 0 Å². The average Bonchev–Trinajstić information content (AvgIpc) is 2.69. The van der Waals surface area contributed by atoms with Gasteiger partial charge in [-0.15, -0.1) is 0 Å². The van der Waals surface area contributed by atoms with Gasteiger partial charge in [0.05, 0.1) is 11.5 Å². The van der Waals surface area contributed by atoms with Gasteiger partial charge >= 0.3 is 0 Å². The van der Waals surface area contributed by atoms with Crippen LogP contribution in [0.2, 0.25) is 0 Å². The van der Waals surface area contributed by atoms with Crippen molar-refractivity contribution in [3.05, 3.63) is 0 Å². The zero-order chi connectivity index (χ0) is 12.5. The zero-order valence-electron chi connectivity index (χ0n) is 10.9. The topological polar surface area (TPSA) is 49.4 Å². The van der Waals surface area contributed by atoms with Crippen molar-refractivity contribution in [3.8, 4) is 0 Å². The molecule has 0 radical (unpaired) electrons. The Morgan fingerprint density at radius 1 is 1.24 bits per heavy atom. The number of hydrogen-bond acceptors (Lipinski definition) is 4. The number of rotatable bonds is 3. The molecule has 2 aliphatic heterocycles. The third-order valence-corrected chi connectivity index (χ3v) is 6.21. The first kappa shape index (κ1) is 13.3. The molecule has 0 aromatic rings. The van der Waals surface area contributed by atoms with Crippen LogP contribution in [-0.2, 0) is 9.84 Å². The Hall–Kier alpha value is -0.130. The molecule has 0 aromatic heterocycles. The molecule has 17 heavy (non-hydrogen) atoms. The fourth-order valence-electron chi connectivity index (χ4n) is 3.08. The maximum Gasteiger partial charge on any atom is 0.151 e. The average molecular weight is 260 g/mol. The summed E-state index contributed by atoms with van der Waals surface area (Å²) in [5.74, 6) is 1.53. The molecule has 1 N–H and O–H groups in total. The van der Waals surface area contributed by atoms with Crippen LogP contribution in [0.15, 0.2) is 0 Å². The van der Waals surface area contributed by atoms with Crippen molar-refractivity contribution >= 4 is 9.84 Å². The lowest BCUT2D eigenvalue weighted by Gasteiger charge is -2.37. The fraction of sp³-hybridized carbons (Fsp3) is 1.00. The summed E-state index contributed by atoms with van der Waals surface area (Å²) in [7, 11) is -0.719. The lowest BCUT2D eigenvalue weighted by atomic mass is 9.90. The molecule has 2 heterocycles. The van der Waals surface area contributed by atoms with Crippen LogP contribution in [0.4, 0.5) is 0 Å². The summed E-state index contributed by atoms with van der Waals surface area (Å²) < 4.78 is 22.9. The van der Waals surface area contributed by atoms with Crippen LogP contribution in [0.25, 0.3) is 0 Å². The molecule has 0 bridgehead atoms. The van der Waals surface area contributed by atoms with Gasteiger partial charge in [-0.25, -0.2) is 8.42 Å². The first-order chi connectivity index (χ1) is 8.02. The van der Waals surface area contributed by atoms with E-state index in [0.717, 1.165) is 25.4 Å². The summed E-state index contributed by atoms with van der Waals surface area (Å²) >= 11 is 0. The number of sulfone groups is 1. The van der Waals surface area contributed by atoms with Crippen molar-refractivity contribution in [2.24, 2.45) is 5.92 Å². The van der Waals surface area contributed by atoms with Crippen molar-refractivity contribution in [3.63, 3.8) is 0 Å². The van der Waals surface area contributed by atoms with Gasteiger partial charge in [0.2, 0.25) is 0 Å². The first-order valence-electron chi connectivity index (χ1n) is 6.63. The third kappa shape index (κ3) is 3.20. The Morgan fingerprint density at radius 3 is 2.35 bits per heavy atom. The normalized spacial score (nSPS) is 32.7. The van der Waals surface area contributed by atoms with Gasteiger partial charge in [-0.1, -0.05) is 0 Å². The highest BCUT2D eigenvalue weighted by atomic mass is 32.2. The number of likely N-dealkylation sites (tertiary alicyclic amines) is 1. The monoisotopic (exact) mass is 260 g/mol. The fourth-order valence-corrected chi connectivity index (χ4v) is 4.85. The van der Waals surface area contributed by atoms with Gasteiger partial charge in [0, 0.05) is 12.1 Å². The summed E-state index contributed by atoms with van der Waals surface area (Å²) in [6, 6.07) is 0.871. The minimum Gasteiger partial charge on any atom is -0.317 e. The van der Waals surface area contributed by atoms with E-state index in [1.165, 1.54) is 12.8 Å². The van der Waals surface area contributed by atoms with Gasteiger partial charge in [0.25, 0.3) is 0 Å². The minimum atomic E-state index is -2.73. The first-order valence-corrected chi connectivity index (χ1v) is 8.46. The molecule has 0 aliphatic carbocycles. The van der Waals surface area contributed by atoms with Crippen molar-refractivity contribution in [1.29, 1.82) is 0 Å². The van der Waals surface area contributed by atoms with Crippen LogP contribution in [0, 0.1) is 5.92 Å². The Labute approximate surface area is 105 Å². The number of nitrogens with one attached hydrogen (secondary N) is 1. The molecule has 0 aromatic carbocycles. The van der Waals surface area contributed by atoms with Crippen LogP contribution in [-0.4, -0.2) is 57.0 Å². The van der Waals surface area contributed by atoms with Crippen LogP contribution >= 0.6 is 0 Å². The smallest absolute Gasteiger partial charge is 0.151 e. The lowest BCUT2D eigenvalue weighted by molar-refractivity contribution is 0.130. The van der Waals surface area contributed by atoms with E-state index >= 15 is 0 Å². The molecular weight excluding hydrogens is 236 g/mol. The Morgan fingerprint density at radius 2 is 1.88 bits per heavy atom. The second kappa shape index (κ2) is 5.24. The molecule has 0 amide bonds. The van der Waals surface area contributed by atoms with E-state index in [2.05, 4.69) is 17.1 Å². The van der Waals surface area contributed by atoms with Crippen LogP contribution in [0.5, 0.6) is 0 Å². The van der Waals surface area contributed by atoms with Crippen molar-refractivity contribution < 1.29 is 8.42 Å². The number of nitrogens with zero attached hydrogens (tertiary/aromatic N) is 1. The largest absolute Gasteiger partial charge is 0.317 e. The SMILES string of the molecule is CNC(C)C1CCN(C2CCS(=O)(=O)C2)CC1. The van der Waals surface area contributed by atoms with Crippen LogP contribution in [0.1, 0.15) is 26.2 Å². The van der Waals surface area contributed by atoms with Gasteiger partial charge in [-0.3, -0.25) is 4.90 Å². The van der Waals surface area contributed by atoms with Crippen LogP contribution in [0.3, 0.4) is 0 Å². The summed E-state index contributed by atoms with van der Waals surface area (Å²) in [4.78, 5) is 2.39. The molecule has 2 aliphatic rings. The predicted octanol–water partition coefficient (Wildman–Crippen LogP) is 0.493. The highest BCUT2D eigenvalue weighted by Gasteiger charge is 2.34. The third-order valence-electron chi connectivity index (χ3n) is 4.46. The van der Waals surface area contributed by atoms with E-state index in [1.807, 2.05) is 7.05 Å². The lowest BCUT2D eigenvalue weighted by Crippen LogP contribution is -2.45. The second-order valence-electron chi connectivity index (χ2n) is 5.51. The summed E-state index contributed by atoms with van der Waals surface area (Å²) in [5.41, 5.74) is 0. The molecular formula is C12H24N2O2S. The summed E-state index contributed by atoms with van der Waals surface area (Å²) in [6.45, 7) is 4.37. The molecule has 2 rings (SSSR count). The zero-order valence-corrected chi connectivity index (χ0v) is 11.7. The molecule has 2 saturated heterocycles. The van der Waals surface area contributed by atoms with Gasteiger partial charge < -0.3 is 5.32 Å². The molecule has 2 unspecified atom stereocenters. The molecule has 0 spiro atoms. The highest BCUT2D eigenvalue weighted by Crippen LogP contribution is 2.25. The van der Waals surface area contributed by atoms with E-state index < -0.39 is 9.84 Å². The van der Waals surface area contributed by atoms with Gasteiger partial charge in [-0.05, 0) is 52.2 Å². The molecule has 2 fully saturated rings. The van der Waals surface area contributed by atoms with Crippen molar-refractivity contribution in [2.75, 3.05) is 31.6 Å². The van der Waals surface area contributed by atoms with E-state index in [4.69, 9.17) is 0 Å². The maximum absolute atomic E-state index is 11.5. The molecule has 5 heteroatoms. The van der Waals surface area contributed by atoms with E-state index in [9.17, 15) is 8.42 Å². The van der Waals surface area contributed by atoms with Crippen LogP contribution < -0.4 is 5.32 Å². The van der Waals surface area contributed by atoms with Gasteiger partial charge in [0.1, 0.15) is 0 Å². The summed E-state index contributed by atoms with van der Waals surface area (Å²) in [6.07, 6.45) is 3.23. The molecule has 2 atom stereocenters. The van der Waals surface area contributed by atoms with Gasteiger partial charge in [0.15, 0.2) is 9.84 Å². The predicted molar refractivity (Wildman–Crippen MR) is 69.9 cm³/mol. The standard InChI is InChI=1S/C12H24N2O2S/c1-10(13-2)11-3-6-14(7-4-11)12-5-8-17(15,16)9-12/h10-13H,3-9H2,1-2H3. The van der Waals surface area contributed by atoms with Crippen molar-refractivity contribution in [2.45, 2.75) is 38.3 Å². The Balaban J connectivity index is 1.84. The van der Waals surface area contributed by atoms with Crippen molar-refractivity contribution in [1.82, 2.24) is 10.2 Å². The van der Waals surface area contributed by atoms with E-state index in [0.29, 0.717) is 23.6 Å². The quantitative estimate of drug-likeness (QED) is 0.802. The maximum atomic E-state index is 11.5. The van der Waals surface area contributed by atoms with Gasteiger partial charge in [-0.2, -0.15) is 0 Å². The Bertz CT molecular complexity index is 348. The Kier molecular flexibility index (Phi) is 4.10. The van der Waals surface area contributed by atoms with E-state index in [-0.39, 0.29) is 0 Å².